The molecule has 2 rings (SSSR count). The van der Waals surface area contributed by atoms with Gasteiger partial charge in [0.25, 0.3) is 0 Å². The number of nitrogens with two attached hydrogens (primary N) is 1. The van der Waals surface area contributed by atoms with Gasteiger partial charge in [-0.05, 0) is 26.1 Å². The number of rotatable bonds is 4. The Bertz CT molecular complexity index is 538. The van der Waals surface area contributed by atoms with Gasteiger partial charge in [0.15, 0.2) is 0 Å². The zero-order chi connectivity index (χ0) is 14.2. The molecule has 2 atom stereocenters. The minimum atomic E-state index is -3.41. The van der Waals surface area contributed by atoms with E-state index in [1.807, 2.05) is 14.1 Å². The largest absolute Gasteiger partial charge is 0.363 e. The molecule has 0 radical (unpaired) electrons. The number of H-pyrrole nitrogens is 1. The van der Waals surface area contributed by atoms with Gasteiger partial charge in [-0.1, -0.05) is 6.92 Å². The predicted octanol–water partition coefficient (Wildman–Crippen LogP) is 0.0440. The van der Waals surface area contributed by atoms with Crippen LogP contribution in [0.2, 0.25) is 0 Å². The van der Waals surface area contributed by atoms with Crippen molar-refractivity contribution in [3.8, 4) is 0 Å². The van der Waals surface area contributed by atoms with Gasteiger partial charge in [0, 0.05) is 37.6 Å². The Kier molecular flexibility index (Phi) is 4.00. The number of aromatic amines is 1. The molecule has 0 aromatic carbocycles. The molecular formula is C12H22N4O2S. The molecule has 19 heavy (non-hydrogen) atoms. The van der Waals surface area contributed by atoms with Gasteiger partial charge in [-0.15, -0.1) is 0 Å². The topological polar surface area (TPSA) is 82.4 Å². The van der Waals surface area contributed by atoms with E-state index in [0.29, 0.717) is 30.4 Å². The molecule has 0 saturated carbocycles. The maximum atomic E-state index is 12.5. The highest BCUT2D eigenvalue weighted by molar-refractivity contribution is 7.89. The lowest BCUT2D eigenvalue weighted by Crippen LogP contribution is -2.35. The first-order valence-corrected chi connectivity index (χ1v) is 7.84. The fourth-order valence-corrected chi connectivity index (χ4v) is 4.19. The van der Waals surface area contributed by atoms with Crippen molar-refractivity contribution in [1.82, 2.24) is 14.2 Å². The first-order chi connectivity index (χ1) is 8.86. The number of likely N-dealkylation sites (N-methyl/N-ethyl adjacent to an activating group) is 1. The first kappa shape index (κ1) is 14.5. The Morgan fingerprint density at radius 2 is 2.16 bits per heavy atom. The van der Waals surface area contributed by atoms with E-state index >= 15 is 0 Å². The average Bonchev–Trinajstić information content (AvgIpc) is 2.95. The second-order valence-electron chi connectivity index (χ2n) is 5.40. The molecule has 2 heterocycles. The quantitative estimate of drug-likeness (QED) is 0.819. The van der Waals surface area contributed by atoms with Gasteiger partial charge in [-0.2, -0.15) is 4.31 Å². The third kappa shape index (κ3) is 2.69. The molecule has 1 aromatic rings. The van der Waals surface area contributed by atoms with Crippen molar-refractivity contribution in [3.63, 3.8) is 0 Å². The number of nitrogens with one attached hydrogen (secondary N) is 1. The number of nitrogens with zero attached hydrogens (tertiary/aromatic N) is 2. The summed E-state index contributed by atoms with van der Waals surface area (Å²) in [6.07, 6.45) is 1.52. The smallest absolute Gasteiger partial charge is 0.244 e. The Hall–Kier alpha value is -0.890. The van der Waals surface area contributed by atoms with E-state index in [9.17, 15) is 8.42 Å². The Morgan fingerprint density at radius 1 is 1.47 bits per heavy atom. The monoisotopic (exact) mass is 286 g/mol. The molecule has 0 spiro atoms. The lowest BCUT2D eigenvalue weighted by Gasteiger charge is -2.22. The molecule has 7 heteroatoms. The number of aromatic nitrogens is 1. The van der Waals surface area contributed by atoms with E-state index in [2.05, 4.69) is 16.8 Å². The summed E-state index contributed by atoms with van der Waals surface area (Å²) >= 11 is 0. The summed E-state index contributed by atoms with van der Waals surface area (Å²) < 4.78 is 26.6. The van der Waals surface area contributed by atoms with Crippen molar-refractivity contribution in [1.29, 1.82) is 0 Å². The van der Waals surface area contributed by atoms with E-state index in [-0.39, 0.29) is 6.04 Å². The molecule has 1 aliphatic heterocycles. The summed E-state index contributed by atoms with van der Waals surface area (Å²) in [6.45, 7) is 3.50. The molecule has 1 aliphatic rings. The van der Waals surface area contributed by atoms with Gasteiger partial charge in [0.1, 0.15) is 0 Å². The summed E-state index contributed by atoms with van der Waals surface area (Å²) in [6, 6.07) is 1.88. The van der Waals surface area contributed by atoms with Crippen molar-refractivity contribution in [2.24, 2.45) is 11.7 Å². The van der Waals surface area contributed by atoms with Crippen molar-refractivity contribution < 1.29 is 8.42 Å². The van der Waals surface area contributed by atoms with Crippen LogP contribution >= 0.6 is 0 Å². The normalized spacial score (nSPS) is 25.3. The third-order valence-corrected chi connectivity index (χ3v) is 5.59. The van der Waals surface area contributed by atoms with Crippen LogP contribution in [0.25, 0.3) is 0 Å². The van der Waals surface area contributed by atoms with E-state index in [0.717, 1.165) is 5.69 Å². The first-order valence-electron chi connectivity index (χ1n) is 6.40. The second kappa shape index (κ2) is 5.24. The summed E-state index contributed by atoms with van der Waals surface area (Å²) in [7, 11) is 0.565. The Labute approximate surface area is 114 Å². The zero-order valence-electron chi connectivity index (χ0n) is 11.6. The zero-order valence-corrected chi connectivity index (χ0v) is 12.4. The minimum absolute atomic E-state index is 0.266. The van der Waals surface area contributed by atoms with Crippen molar-refractivity contribution in [2.75, 3.05) is 27.2 Å². The van der Waals surface area contributed by atoms with Crippen LogP contribution in [-0.4, -0.2) is 55.8 Å². The van der Waals surface area contributed by atoms with Gasteiger partial charge in [0.2, 0.25) is 10.0 Å². The molecule has 0 amide bonds. The molecule has 1 aromatic heterocycles. The Balaban J connectivity index is 2.22. The van der Waals surface area contributed by atoms with Crippen LogP contribution in [0.3, 0.4) is 0 Å². The molecule has 6 nitrogen and oxygen atoms in total. The SMILES string of the molecule is CC1CN(S(=O)(=O)c2c[nH]c(CN)c2)CC1N(C)C. The lowest BCUT2D eigenvalue weighted by molar-refractivity contribution is 0.263. The van der Waals surface area contributed by atoms with Gasteiger partial charge >= 0.3 is 0 Å². The summed E-state index contributed by atoms with van der Waals surface area (Å²) in [4.78, 5) is 5.28. The summed E-state index contributed by atoms with van der Waals surface area (Å²) in [5, 5.41) is 0. The molecule has 108 valence electrons. The van der Waals surface area contributed by atoms with Crippen LogP contribution in [0.1, 0.15) is 12.6 Å². The molecule has 2 unspecified atom stereocenters. The average molecular weight is 286 g/mol. The highest BCUT2D eigenvalue weighted by Crippen LogP contribution is 2.26. The summed E-state index contributed by atoms with van der Waals surface area (Å²) in [5.41, 5.74) is 6.23. The standard InChI is InChI=1S/C12H22N4O2S/c1-9-7-16(8-12(9)15(2)3)19(17,18)11-4-10(5-13)14-6-11/h4,6,9,12,14H,5,7-8,13H2,1-3H3. The van der Waals surface area contributed by atoms with Crippen molar-refractivity contribution >= 4 is 10.0 Å². The second-order valence-corrected chi connectivity index (χ2v) is 7.33. The molecule has 1 fully saturated rings. The van der Waals surface area contributed by atoms with Crippen LogP contribution in [-0.2, 0) is 16.6 Å². The fourth-order valence-electron chi connectivity index (χ4n) is 2.61. The summed E-state index contributed by atoms with van der Waals surface area (Å²) in [5.74, 6) is 0.331. The van der Waals surface area contributed by atoms with Crippen LogP contribution in [0.5, 0.6) is 0 Å². The van der Waals surface area contributed by atoms with Gasteiger partial charge in [-0.3, -0.25) is 0 Å². The minimum Gasteiger partial charge on any atom is -0.363 e. The highest BCUT2D eigenvalue weighted by atomic mass is 32.2. The van der Waals surface area contributed by atoms with Gasteiger partial charge in [-0.25, -0.2) is 8.42 Å². The van der Waals surface area contributed by atoms with E-state index in [1.165, 1.54) is 6.20 Å². The van der Waals surface area contributed by atoms with Crippen LogP contribution in [0, 0.1) is 5.92 Å². The van der Waals surface area contributed by atoms with Gasteiger partial charge in [0.05, 0.1) is 4.90 Å². The molecule has 3 N–H and O–H groups in total. The fraction of sp³-hybridized carbons (Fsp3) is 0.667. The lowest BCUT2D eigenvalue weighted by atomic mass is 10.1. The maximum Gasteiger partial charge on any atom is 0.244 e. The predicted molar refractivity (Wildman–Crippen MR) is 74.1 cm³/mol. The van der Waals surface area contributed by atoms with E-state index in [4.69, 9.17) is 5.73 Å². The van der Waals surface area contributed by atoms with Crippen LogP contribution in [0.4, 0.5) is 0 Å². The molecular weight excluding hydrogens is 264 g/mol. The van der Waals surface area contributed by atoms with Crippen LogP contribution < -0.4 is 5.73 Å². The van der Waals surface area contributed by atoms with E-state index in [1.54, 1.807) is 10.4 Å². The van der Waals surface area contributed by atoms with Crippen molar-refractivity contribution in [3.05, 3.63) is 18.0 Å². The molecule has 0 bridgehead atoms. The maximum absolute atomic E-state index is 12.5. The van der Waals surface area contributed by atoms with E-state index < -0.39 is 10.0 Å². The molecule has 1 saturated heterocycles. The Morgan fingerprint density at radius 3 is 2.63 bits per heavy atom. The van der Waals surface area contributed by atoms with Gasteiger partial charge < -0.3 is 15.6 Å². The van der Waals surface area contributed by atoms with Crippen molar-refractivity contribution in [2.45, 2.75) is 24.4 Å². The highest BCUT2D eigenvalue weighted by Gasteiger charge is 2.38. The number of hydrogen-bond donors (Lipinski definition) is 2. The molecule has 0 aliphatic carbocycles. The van der Waals surface area contributed by atoms with Crippen LogP contribution in [0.15, 0.2) is 17.2 Å². The number of hydrogen-bond acceptors (Lipinski definition) is 4. The number of sulfonamides is 1. The third-order valence-electron chi connectivity index (χ3n) is 3.78.